The molecule has 0 aromatic carbocycles. The van der Waals surface area contributed by atoms with Gasteiger partial charge in [-0.3, -0.25) is 9.59 Å². The molecule has 4 nitrogen and oxygen atoms in total. The Kier molecular flexibility index (Phi) is 28.7. The van der Waals surface area contributed by atoms with Crippen LogP contribution >= 0.6 is 0 Å². The van der Waals surface area contributed by atoms with Crippen LogP contribution < -0.4 is 0 Å². The molecular weight excluding hydrogens is 484 g/mol. The highest BCUT2D eigenvalue weighted by Crippen LogP contribution is 2.24. The molecule has 2 atom stereocenters. The zero-order valence-corrected chi connectivity index (χ0v) is 26.6. The number of esters is 2. The van der Waals surface area contributed by atoms with Crippen LogP contribution in [0.15, 0.2) is 12.2 Å². The van der Waals surface area contributed by atoms with Gasteiger partial charge in [-0.15, -0.1) is 0 Å². The van der Waals surface area contributed by atoms with Gasteiger partial charge in [-0.1, -0.05) is 142 Å². The normalized spacial score (nSPS) is 13.0. The molecule has 0 aliphatic carbocycles. The van der Waals surface area contributed by atoms with Gasteiger partial charge < -0.3 is 9.47 Å². The van der Waals surface area contributed by atoms with Gasteiger partial charge in [0.15, 0.2) is 0 Å². The van der Waals surface area contributed by atoms with Crippen molar-refractivity contribution in [2.24, 2.45) is 5.92 Å². The number of methoxy groups -OCH3 is 1. The molecule has 4 heteroatoms. The Labute approximate surface area is 243 Å². The second-order valence-electron chi connectivity index (χ2n) is 11.6. The highest BCUT2D eigenvalue weighted by molar-refractivity contribution is 5.74. The maximum atomic E-state index is 12.6. The van der Waals surface area contributed by atoms with Gasteiger partial charge in [0.1, 0.15) is 6.10 Å². The fourth-order valence-corrected chi connectivity index (χ4v) is 5.43. The Balaban J connectivity index is 4.15. The number of hydrogen-bond acceptors (Lipinski definition) is 4. The molecule has 0 heterocycles. The third-order valence-electron chi connectivity index (χ3n) is 7.89. The maximum Gasteiger partial charge on any atom is 0.312 e. The summed E-state index contributed by atoms with van der Waals surface area (Å²) in [6, 6.07) is 0. The summed E-state index contributed by atoms with van der Waals surface area (Å²) in [6.45, 7) is 5.97. The van der Waals surface area contributed by atoms with Crippen LogP contribution in [-0.2, 0) is 19.1 Å². The van der Waals surface area contributed by atoms with Crippen molar-refractivity contribution in [2.45, 2.75) is 187 Å². The van der Waals surface area contributed by atoms with E-state index in [1.807, 2.05) is 0 Å². The highest BCUT2D eigenvalue weighted by Gasteiger charge is 2.30. The average Bonchev–Trinajstić information content (AvgIpc) is 2.92. The quantitative estimate of drug-likeness (QED) is 0.0528. The first-order valence-corrected chi connectivity index (χ1v) is 17.0. The van der Waals surface area contributed by atoms with Crippen LogP contribution in [0, 0.1) is 5.92 Å². The SMILES string of the molecule is CCCCCC/C=C\CCCCCCC[C@H](OC(C)=O)[C@H](CCCCCCCCCCCCCC)C(=O)OC. The van der Waals surface area contributed by atoms with E-state index in [2.05, 4.69) is 26.0 Å². The predicted octanol–water partition coefficient (Wildman–Crippen LogP) is 11.1. The van der Waals surface area contributed by atoms with Crippen molar-refractivity contribution in [1.29, 1.82) is 0 Å². The summed E-state index contributed by atoms with van der Waals surface area (Å²) in [5, 5.41) is 0. The molecule has 0 amide bonds. The van der Waals surface area contributed by atoms with Crippen molar-refractivity contribution < 1.29 is 19.1 Å². The first-order valence-electron chi connectivity index (χ1n) is 17.0. The Morgan fingerprint density at radius 2 is 0.949 bits per heavy atom. The van der Waals surface area contributed by atoms with E-state index in [0.29, 0.717) is 0 Å². The maximum absolute atomic E-state index is 12.6. The second-order valence-corrected chi connectivity index (χ2v) is 11.6. The van der Waals surface area contributed by atoms with Crippen molar-refractivity contribution in [3.63, 3.8) is 0 Å². The van der Waals surface area contributed by atoms with Gasteiger partial charge in [0.2, 0.25) is 0 Å². The minimum Gasteiger partial charge on any atom is -0.469 e. The smallest absolute Gasteiger partial charge is 0.312 e. The standard InChI is InChI=1S/C35H66O4/c1-5-7-9-11-13-15-17-19-21-23-25-27-29-31-34(39-32(3)36)33(35(37)38-4)30-28-26-24-22-20-18-16-14-12-10-8-6-2/h15,17,33-34H,5-14,16,18-31H2,1-4H3/b17-15-/t33-,34-/m0/s1. The third-order valence-corrected chi connectivity index (χ3v) is 7.89. The van der Waals surface area contributed by atoms with Crippen LogP contribution in [0.5, 0.6) is 0 Å². The molecule has 0 aliphatic rings. The van der Waals surface area contributed by atoms with Gasteiger partial charge in [-0.2, -0.15) is 0 Å². The third kappa shape index (κ3) is 25.4. The average molecular weight is 551 g/mol. The lowest BCUT2D eigenvalue weighted by atomic mass is 9.91. The van der Waals surface area contributed by atoms with E-state index in [4.69, 9.17) is 9.47 Å². The first-order chi connectivity index (χ1) is 19.1. The Morgan fingerprint density at radius 3 is 1.38 bits per heavy atom. The Morgan fingerprint density at radius 1 is 0.564 bits per heavy atom. The van der Waals surface area contributed by atoms with E-state index in [1.54, 1.807) is 0 Å². The number of rotatable bonds is 29. The summed E-state index contributed by atoms with van der Waals surface area (Å²) in [6.07, 6.45) is 34.8. The summed E-state index contributed by atoms with van der Waals surface area (Å²) in [5.74, 6) is -0.875. The molecular formula is C35H66O4. The molecule has 0 unspecified atom stereocenters. The molecule has 0 bridgehead atoms. The highest BCUT2D eigenvalue weighted by atomic mass is 16.6. The topological polar surface area (TPSA) is 52.6 Å². The molecule has 0 rings (SSSR count). The zero-order chi connectivity index (χ0) is 28.8. The lowest BCUT2D eigenvalue weighted by Gasteiger charge is -2.25. The lowest BCUT2D eigenvalue weighted by molar-refractivity contribution is -0.160. The van der Waals surface area contributed by atoms with Gasteiger partial charge in [0.25, 0.3) is 0 Å². The zero-order valence-electron chi connectivity index (χ0n) is 26.6. The van der Waals surface area contributed by atoms with Crippen molar-refractivity contribution in [3.05, 3.63) is 12.2 Å². The fourth-order valence-electron chi connectivity index (χ4n) is 5.43. The number of carbonyl (C=O) groups excluding carboxylic acids is 2. The molecule has 230 valence electrons. The van der Waals surface area contributed by atoms with E-state index in [1.165, 1.54) is 136 Å². The Bertz CT molecular complexity index is 571. The molecule has 0 aromatic rings. The summed E-state index contributed by atoms with van der Waals surface area (Å²) in [5.41, 5.74) is 0. The number of carbonyl (C=O) groups is 2. The molecule has 0 spiro atoms. The molecule has 39 heavy (non-hydrogen) atoms. The molecule has 0 aromatic heterocycles. The monoisotopic (exact) mass is 550 g/mol. The van der Waals surface area contributed by atoms with Crippen molar-refractivity contribution in [2.75, 3.05) is 7.11 Å². The molecule has 0 radical (unpaired) electrons. The van der Waals surface area contributed by atoms with E-state index in [0.717, 1.165) is 38.5 Å². The lowest BCUT2D eigenvalue weighted by Crippen LogP contribution is -2.33. The molecule has 0 saturated heterocycles. The van der Waals surface area contributed by atoms with Crippen molar-refractivity contribution in [1.82, 2.24) is 0 Å². The minimum atomic E-state index is -0.363. The van der Waals surface area contributed by atoms with E-state index < -0.39 is 0 Å². The van der Waals surface area contributed by atoms with Gasteiger partial charge in [0, 0.05) is 6.92 Å². The van der Waals surface area contributed by atoms with Crippen LogP contribution in [0.2, 0.25) is 0 Å². The van der Waals surface area contributed by atoms with Gasteiger partial charge in [0.05, 0.1) is 13.0 Å². The largest absolute Gasteiger partial charge is 0.469 e. The number of unbranched alkanes of at least 4 members (excludes halogenated alkanes) is 20. The van der Waals surface area contributed by atoms with Crippen LogP contribution in [0.1, 0.15) is 181 Å². The van der Waals surface area contributed by atoms with Crippen molar-refractivity contribution >= 4 is 11.9 Å². The first kappa shape index (κ1) is 37.7. The van der Waals surface area contributed by atoms with Gasteiger partial charge in [-0.05, 0) is 44.9 Å². The molecule has 0 aliphatic heterocycles. The summed E-state index contributed by atoms with van der Waals surface area (Å²) in [4.78, 5) is 24.4. The van der Waals surface area contributed by atoms with Crippen LogP contribution in [0.4, 0.5) is 0 Å². The predicted molar refractivity (Wildman–Crippen MR) is 167 cm³/mol. The van der Waals surface area contributed by atoms with Crippen LogP contribution in [0.3, 0.4) is 0 Å². The van der Waals surface area contributed by atoms with E-state index >= 15 is 0 Å². The molecule has 0 saturated carbocycles. The van der Waals surface area contributed by atoms with Gasteiger partial charge in [-0.25, -0.2) is 0 Å². The number of hydrogen-bond donors (Lipinski definition) is 0. The number of allylic oxidation sites excluding steroid dienone is 2. The summed E-state index contributed by atoms with van der Waals surface area (Å²) >= 11 is 0. The second kappa shape index (κ2) is 29.7. The number of ether oxygens (including phenoxy) is 2. The fraction of sp³-hybridized carbons (Fsp3) is 0.886. The molecule has 0 N–H and O–H groups in total. The van der Waals surface area contributed by atoms with E-state index in [-0.39, 0.29) is 24.0 Å². The van der Waals surface area contributed by atoms with Crippen LogP contribution in [0.25, 0.3) is 0 Å². The summed E-state index contributed by atoms with van der Waals surface area (Å²) < 4.78 is 10.8. The minimum absolute atomic E-state index is 0.231. The molecule has 0 fully saturated rings. The van der Waals surface area contributed by atoms with Gasteiger partial charge >= 0.3 is 11.9 Å². The van der Waals surface area contributed by atoms with Crippen LogP contribution in [-0.4, -0.2) is 25.2 Å². The Hall–Kier alpha value is -1.32. The van der Waals surface area contributed by atoms with Crippen molar-refractivity contribution in [3.8, 4) is 0 Å². The summed E-state index contributed by atoms with van der Waals surface area (Å²) in [7, 11) is 1.45. The van der Waals surface area contributed by atoms with E-state index in [9.17, 15) is 9.59 Å².